The van der Waals surface area contributed by atoms with E-state index in [9.17, 15) is 8.42 Å². The third-order valence-electron chi connectivity index (χ3n) is 2.98. The van der Waals surface area contributed by atoms with Crippen LogP contribution in [0, 0.1) is 26.2 Å². The van der Waals surface area contributed by atoms with Crippen molar-refractivity contribution in [1.82, 2.24) is 4.31 Å². The first-order valence-corrected chi connectivity index (χ1v) is 7.59. The summed E-state index contributed by atoms with van der Waals surface area (Å²) >= 11 is 0. The van der Waals surface area contributed by atoms with Crippen molar-refractivity contribution in [3.8, 4) is 12.3 Å². The predicted molar refractivity (Wildman–Crippen MR) is 78.2 cm³/mol. The standard InChI is InChI=1S/C14H20N2O2S/c1-5-7-16(8-6-2)19(17,18)14-10-12(4)11(3)9-13(14)15/h1,9-10H,6-8,15H2,2-4H3. The highest BCUT2D eigenvalue weighted by Crippen LogP contribution is 2.25. The van der Waals surface area contributed by atoms with E-state index < -0.39 is 10.0 Å². The second kappa shape index (κ2) is 6.09. The molecule has 0 spiro atoms. The van der Waals surface area contributed by atoms with Crippen LogP contribution >= 0.6 is 0 Å². The van der Waals surface area contributed by atoms with Crippen molar-refractivity contribution in [2.75, 3.05) is 18.8 Å². The summed E-state index contributed by atoms with van der Waals surface area (Å²) < 4.78 is 26.4. The Bertz CT molecular complexity index is 601. The van der Waals surface area contributed by atoms with Crippen molar-refractivity contribution >= 4 is 15.7 Å². The van der Waals surface area contributed by atoms with Crippen LogP contribution in [0.15, 0.2) is 17.0 Å². The number of nitrogens with zero attached hydrogens (tertiary/aromatic N) is 1. The Labute approximate surface area is 115 Å². The van der Waals surface area contributed by atoms with E-state index in [1.807, 2.05) is 20.8 Å². The molecule has 0 radical (unpaired) electrons. The fourth-order valence-corrected chi connectivity index (χ4v) is 3.44. The van der Waals surface area contributed by atoms with Crippen LogP contribution in [0.3, 0.4) is 0 Å². The van der Waals surface area contributed by atoms with E-state index >= 15 is 0 Å². The lowest BCUT2D eigenvalue weighted by molar-refractivity contribution is 0.446. The molecule has 1 rings (SSSR count). The number of anilines is 1. The molecule has 104 valence electrons. The summed E-state index contributed by atoms with van der Waals surface area (Å²) in [4.78, 5) is 0.138. The Balaban J connectivity index is 3.33. The van der Waals surface area contributed by atoms with Gasteiger partial charge in [-0.3, -0.25) is 0 Å². The number of rotatable bonds is 5. The number of nitrogen functional groups attached to an aromatic ring is 1. The molecule has 0 unspecified atom stereocenters. The maximum atomic E-state index is 12.5. The van der Waals surface area contributed by atoms with Gasteiger partial charge in [0.25, 0.3) is 0 Å². The fraction of sp³-hybridized carbons (Fsp3) is 0.429. The van der Waals surface area contributed by atoms with Gasteiger partial charge in [-0.1, -0.05) is 12.8 Å². The average Bonchev–Trinajstić information content (AvgIpc) is 2.33. The summed E-state index contributed by atoms with van der Waals surface area (Å²) in [6.45, 7) is 6.11. The molecule has 1 aromatic rings. The van der Waals surface area contributed by atoms with Gasteiger partial charge >= 0.3 is 0 Å². The number of aryl methyl sites for hydroxylation is 2. The molecule has 0 heterocycles. The van der Waals surface area contributed by atoms with Crippen molar-refractivity contribution in [3.05, 3.63) is 23.3 Å². The third-order valence-corrected chi connectivity index (χ3v) is 4.89. The first-order valence-electron chi connectivity index (χ1n) is 6.15. The van der Waals surface area contributed by atoms with Crippen molar-refractivity contribution < 1.29 is 8.42 Å². The van der Waals surface area contributed by atoms with E-state index in [-0.39, 0.29) is 17.1 Å². The Morgan fingerprint density at radius 3 is 2.42 bits per heavy atom. The quantitative estimate of drug-likeness (QED) is 0.662. The maximum absolute atomic E-state index is 12.5. The van der Waals surface area contributed by atoms with Crippen LogP contribution in [-0.4, -0.2) is 25.8 Å². The highest BCUT2D eigenvalue weighted by atomic mass is 32.2. The molecule has 0 atom stereocenters. The highest BCUT2D eigenvalue weighted by molar-refractivity contribution is 7.89. The van der Waals surface area contributed by atoms with E-state index in [0.29, 0.717) is 13.0 Å². The molecular formula is C14H20N2O2S. The molecule has 0 saturated carbocycles. The normalized spacial score (nSPS) is 11.5. The molecule has 2 N–H and O–H groups in total. The molecule has 0 aliphatic carbocycles. The number of hydrogen-bond donors (Lipinski definition) is 1. The largest absolute Gasteiger partial charge is 0.398 e. The van der Waals surface area contributed by atoms with Gasteiger partial charge in [0.05, 0.1) is 12.2 Å². The Morgan fingerprint density at radius 1 is 1.32 bits per heavy atom. The molecule has 0 aliphatic heterocycles. The van der Waals surface area contributed by atoms with E-state index in [1.54, 1.807) is 12.1 Å². The first-order chi connectivity index (χ1) is 8.84. The average molecular weight is 280 g/mol. The Hall–Kier alpha value is -1.51. The van der Waals surface area contributed by atoms with Crippen molar-refractivity contribution in [1.29, 1.82) is 0 Å². The number of hydrogen-bond acceptors (Lipinski definition) is 3. The molecule has 0 amide bonds. The zero-order valence-electron chi connectivity index (χ0n) is 11.6. The van der Waals surface area contributed by atoms with E-state index in [0.717, 1.165) is 11.1 Å². The third kappa shape index (κ3) is 3.28. The lowest BCUT2D eigenvalue weighted by Gasteiger charge is -2.20. The highest BCUT2D eigenvalue weighted by Gasteiger charge is 2.25. The summed E-state index contributed by atoms with van der Waals surface area (Å²) in [6.07, 6.45) is 5.94. The Morgan fingerprint density at radius 2 is 1.89 bits per heavy atom. The smallest absolute Gasteiger partial charge is 0.246 e. The summed E-state index contributed by atoms with van der Waals surface area (Å²) in [5.74, 6) is 2.38. The van der Waals surface area contributed by atoms with Crippen LogP contribution in [0.4, 0.5) is 5.69 Å². The minimum Gasteiger partial charge on any atom is -0.398 e. The van der Waals surface area contributed by atoms with Gasteiger partial charge in [-0.25, -0.2) is 8.42 Å². The van der Waals surface area contributed by atoms with Gasteiger partial charge in [-0.2, -0.15) is 4.31 Å². The van der Waals surface area contributed by atoms with Gasteiger partial charge in [0.1, 0.15) is 4.90 Å². The molecule has 0 fully saturated rings. The van der Waals surface area contributed by atoms with Crippen LogP contribution in [0.25, 0.3) is 0 Å². The van der Waals surface area contributed by atoms with Crippen molar-refractivity contribution in [2.45, 2.75) is 32.1 Å². The summed E-state index contributed by atoms with van der Waals surface area (Å²) in [5, 5.41) is 0. The first kappa shape index (κ1) is 15.5. The van der Waals surface area contributed by atoms with Gasteiger partial charge in [-0.05, 0) is 43.5 Å². The van der Waals surface area contributed by atoms with Gasteiger partial charge in [0.15, 0.2) is 0 Å². The number of sulfonamides is 1. The minimum absolute atomic E-state index is 0.0581. The van der Waals surface area contributed by atoms with Gasteiger partial charge in [0, 0.05) is 6.54 Å². The Kier molecular flexibility index (Phi) is 4.98. The fourth-order valence-electron chi connectivity index (χ4n) is 1.81. The zero-order valence-corrected chi connectivity index (χ0v) is 12.4. The topological polar surface area (TPSA) is 63.4 Å². The molecule has 0 aromatic heterocycles. The van der Waals surface area contributed by atoms with Gasteiger partial charge < -0.3 is 5.73 Å². The molecule has 4 nitrogen and oxygen atoms in total. The molecule has 19 heavy (non-hydrogen) atoms. The van der Waals surface area contributed by atoms with Crippen LogP contribution < -0.4 is 5.73 Å². The summed E-state index contributed by atoms with van der Waals surface area (Å²) in [6, 6.07) is 3.29. The second-order valence-electron chi connectivity index (χ2n) is 4.52. The summed E-state index contributed by atoms with van der Waals surface area (Å²) in [7, 11) is -3.63. The maximum Gasteiger partial charge on any atom is 0.246 e. The number of terminal acetylenes is 1. The molecule has 5 heteroatoms. The van der Waals surface area contributed by atoms with Crippen molar-refractivity contribution in [3.63, 3.8) is 0 Å². The lowest BCUT2D eigenvalue weighted by atomic mass is 10.1. The van der Waals surface area contributed by atoms with E-state index in [4.69, 9.17) is 12.2 Å². The second-order valence-corrected chi connectivity index (χ2v) is 6.42. The molecular weight excluding hydrogens is 260 g/mol. The molecule has 0 aliphatic rings. The van der Waals surface area contributed by atoms with Crippen molar-refractivity contribution in [2.24, 2.45) is 0 Å². The number of nitrogens with two attached hydrogens (primary N) is 1. The SMILES string of the molecule is C#CCN(CCC)S(=O)(=O)c1cc(C)c(C)cc1N. The lowest BCUT2D eigenvalue weighted by Crippen LogP contribution is -2.32. The zero-order chi connectivity index (χ0) is 14.6. The monoisotopic (exact) mass is 280 g/mol. The minimum atomic E-state index is -3.63. The molecule has 0 saturated heterocycles. The van der Waals surface area contributed by atoms with Crippen LogP contribution in [0.2, 0.25) is 0 Å². The van der Waals surface area contributed by atoms with E-state index in [1.165, 1.54) is 4.31 Å². The molecule has 1 aromatic carbocycles. The van der Waals surface area contributed by atoms with Crippen LogP contribution in [0.1, 0.15) is 24.5 Å². The molecule has 0 bridgehead atoms. The van der Waals surface area contributed by atoms with Crippen LogP contribution in [-0.2, 0) is 10.0 Å². The summed E-state index contributed by atoms with van der Waals surface area (Å²) in [5.41, 5.74) is 7.98. The number of benzene rings is 1. The van der Waals surface area contributed by atoms with E-state index in [2.05, 4.69) is 5.92 Å². The van der Waals surface area contributed by atoms with Gasteiger partial charge in [0.2, 0.25) is 10.0 Å². The predicted octanol–water partition coefficient (Wildman–Crippen LogP) is 1.92. The van der Waals surface area contributed by atoms with Gasteiger partial charge in [-0.15, -0.1) is 6.42 Å². The van der Waals surface area contributed by atoms with Crippen LogP contribution in [0.5, 0.6) is 0 Å².